The van der Waals surface area contributed by atoms with Crippen LogP contribution in [0.4, 0.5) is 0 Å². The smallest absolute Gasteiger partial charge is 0.246 e. The van der Waals surface area contributed by atoms with E-state index in [9.17, 15) is 4.79 Å². The first kappa shape index (κ1) is 14.9. The molecule has 1 atom stereocenters. The first-order chi connectivity index (χ1) is 8.56. The van der Waals surface area contributed by atoms with Crippen molar-refractivity contribution in [3.63, 3.8) is 0 Å². The lowest BCUT2D eigenvalue weighted by molar-refractivity contribution is -0.117. The number of nitrogens with one attached hydrogen (secondary N) is 1. The summed E-state index contributed by atoms with van der Waals surface area (Å²) in [6.45, 7) is 4.52. The van der Waals surface area contributed by atoms with E-state index in [4.69, 9.17) is 0 Å². The Kier molecular flexibility index (Phi) is 6.09. The molecule has 0 aliphatic rings. The van der Waals surface area contributed by atoms with Crippen LogP contribution in [0, 0.1) is 0 Å². The van der Waals surface area contributed by atoms with E-state index < -0.39 is 0 Å². The molecule has 100 valence electrons. The molecule has 0 spiro atoms. The Hall–Kier alpha value is -1.13. The molecule has 0 bridgehead atoms. The third kappa shape index (κ3) is 4.27. The maximum Gasteiger partial charge on any atom is 0.246 e. The summed E-state index contributed by atoms with van der Waals surface area (Å²) in [5.74, 6) is 0.0268. The van der Waals surface area contributed by atoms with E-state index in [1.807, 2.05) is 34.0 Å². The number of likely N-dealkylation sites (N-methyl/N-ethyl adjacent to an activating group) is 1. The van der Waals surface area contributed by atoms with Gasteiger partial charge in [-0.2, -0.15) is 11.3 Å². The van der Waals surface area contributed by atoms with Crippen molar-refractivity contribution in [3.05, 3.63) is 34.0 Å². The van der Waals surface area contributed by atoms with Gasteiger partial charge in [0.25, 0.3) is 0 Å². The zero-order chi connectivity index (χ0) is 13.5. The normalized spacial score (nSPS) is 13.7. The fraction of sp³-hybridized carbons (Fsp3) is 0.500. The van der Waals surface area contributed by atoms with Crippen molar-refractivity contribution >= 4 is 17.2 Å². The molecule has 1 amide bonds. The van der Waals surface area contributed by atoms with E-state index in [1.54, 1.807) is 11.3 Å². The van der Waals surface area contributed by atoms with E-state index in [0.29, 0.717) is 6.54 Å². The number of carbonyl (C=O) groups excluding carboxylic acids is 1. The molecule has 0 aliphatic heterocycles. The lowest BCUT2D eigenvalue weighted by Crippen LogP contribution is -2.34. The SMILES string of the molecule is CCC=C(C)C(=O)NCC(c1ccsc1)N(C)C. The molecule has 1 N–H and O–H groups in total. The first-order valence-electron chi connectivity index (χ1n) is 6.19. The molecule has 0 saturated heterocycles. The van der Waals surface area contributed by atoms with Gasteiger partial charge in [-0.15, -0.1) is 0 Å². The van der Waals surface area contributed by atoms with Crippen molar-refractivity contribution in [3.8, 4) is 0 Å². The number of thiophene rings is 1. The number of nitrogens with zero attached hydrogens (tertiary/aromatic N) is 1. The van der Waals surface area contributed by atoms with Gasteiger partial charge in [0, 0.05) is 12.1 Å². The minimum absolute atomic E-state index is 0.0268. The summed E-state index contributed by atoms with van der Waals surface area (Å²) < 4.78 is 0. The van der Waals surface area contributed by atoms with E-state index >= 15 is 0 Å². The summed E-state index contributed by atoms with van der Waals surface area (Å²) in [4.78, 5) is 14.0. The average Bonchev–Trinajstić information content (AvgIpc) is 2.82. The third-order valence-corrected chi connectivity index (χ3v) is 3.58. The topological polar surface area (TPSA) is 32.3 Å². The quantitative estimate of drug-likeness (QED) is 0.803. The monoisotopic (exact) mass is 266 g/mol. The second kappa shape index (κ2) is 7.34. The lowest BCUT2D eigenvalue weighted by atomic mass is 10.1. The molecule has 18 heavy (non-hydrogen) atoms. The fourth-order valence-corrected chi connectivity index (χ4v) is 2.50. The number of hydrogen-bond donors (Lipinski definition) is 1. The second-order valence-electron chi connectivity index (χ2n) is 4.54. The summed E-state index contributed by atoms with van der Waals surface area (Å²) >= 11 is 1.68. The third-order valence-electron chi connectivity index (χ3n) is 2.88. The van der Waals surface area contributed by atoms with Gasteiger partial charge < -0.3 is 10.2 Å². The molecule has 0 radical (unpaired) electrons. The maximum absolute atomic E-state index is 11.8. The number of allylic oxidation sites excluding steroid dienone is 1. The zero-order valence-corrected chi connectivity index (χ0v) is 12.4. The molecule has 0 aliphatic carbocycles. The van der Waals surface area contributed by atoms with Gasteiger partial charge in [-0.05, 0) is 49.8 Å². The van der Waals surface area contributed by atoms with Crippen LogP contribution in [-0.4, -0.2) is 31.4 Å². The van der Waals surface area contributed by atoms with Gasteiger partial charge in [-0.25, -0.2) is 0 Å². The van der Waals surface area contributed by atoms with Gasteiger partial charge in [0.15, 0.2) is 0 Å². The highest BCUT2D eigenvalue weighted by molar-refractivity contribution is 7.07. The van der Waals surface area contributed by atoms with Crippen molar-refractivity contribution in [1.82, 2.24) is 10.2 Å². The maximum atomic E-state index is 11.8. The lowest BCUT2D eigenvalue weighted by Gasteiger charge is -2.24. The van der Waals surface area contributed by atoms with Crippen LogP contribution in [-0.2, 0) is 4.79 Å². The summed E-state index contributed by atoms with van der Waals surface area (Å²) in [5.41, 5.74) is 2.04. The Balaban J connectivity index is 2.59. The van der Waals surface area contributed by atoms with Crippen LogP contribution in [0.1, 0.15) is 31.9 Å². The molecule has 1 heterocycles. The van der Waals surface area contributed by atoms with Gasteiger partial charge in [0.1, 0.15) is 0 Å². The van der Waals surface area contributed by atoms with E-state index in [2.05, 4.69) is 27.0 Å². The molecule has 0 saturated carbocycles. The van der Waals surface area contributed by atoms with Crippen LogP contribution in [0.25, 0.3) is 0 Å². The fourth-order valence-electron chi connectivity index (χ4n) is 1.79. The summed E-state index contributed by atoms with van der Waals surface area (Å²) in [6, 6.07) is 2.34. The number of hydrogen-bond acceptors (Lipinski definition) is 3. The van der Waals surface area contributed by atoms with Gasteiger partial charge in [0.2, 0.25) is 5.91 Å². The van der Waals surface area contributed by atoms with Crippen molar-refractivity contribution in [2.75, 3.05) is 20.6 Å². The van der Waals surface area contributed by atoms with Crippen LogP contribution in [0.5, 0.6) is 0 Å². The molecule has 1 aromatic rings. The molecule has 1 rings (SSSR count). The predicted molar refractivity (Wildman–Crippen MR) is 77.8 cm³/mol. The summed E-state index contributed by atoms with van der Waals surface area (Å²) in [6.07, 6.45) is 2.84. The Morgan fingerprint density at radius 3 is 2.78 bits per heavy atom. The Morgan fingerprint density at radius 1 is 1.56 bits per heavy atom. The number of rotatable bonds is 6. The van der Waals surface area contributed by atoms with E-state index in [1.165, 1.54) is 5.56 Å². The molecular formula is C14H22N2OS. The van der Waals surface area contributed by atoms with Crippen molar-refractivity contribution in [2.45, 2.75) is 26.3 Å². The largest absolute Gasteiger partial charge is 0.350 e. The Morgan fingerprint density at radius 2 is 2.28 bits per heavy atom. The Bertz CT molecular complexity index is 396. The molecular weight excluding hydrogens is 244 g/mol. The summed E-state index contributed by atoms with van der Waals surface area (Å²) in [5, 5.41) is 7.19. The van der Waals surface area contributed by atoms with Gasteiger partial charge in [-0.3, -0.25) is 4.79 Å². The van der Waals surface area contributed by atoms with Gasteiger partial charge in [-0.1, -0.05) is 13.0 Å². The highest BCUT2D eigenvalue weighted by Gasteiger charge is 2.15. The molecule has 1 aromatic heterocycles. The van der Waals surface area contributed by atoms with Crippen LogP contribution < -0.4 is 5.32 Å². The predicted octanol–water partition coefficient (Wildman–Crippen LogP) is 2.82. The van der Waals surface area contributed by atoms with Crippen molar-refractivity contribution in [1.29, 1.82) is 0 Å². The zero-order valence-electron chi connectivity index (χ0n) is 11.6. The molecule has 3 nitrogen and oxygen atoms in total. The van der Waals surface area contributed by atoms with Crippen LogP contribution in [0.15, 0.2) is 28.5 Å². The number of amides is 1. The van der Waals surface area contributed by atoms with Crippen LogP contribution in [0.2, 0.25) is 0 Å². The van der Waals surface area contributed by atoms with Crippen molar-refractivity contribution < 1.29 is 4.79 Å². The molecule has 1 unspecified atom stereocenters. The number of carbonyl (C=O) groups is 1. The van der Waals surface area contributed by atoms with Crippen LogP contribution in [0.3, 0.4) is 0 Å². The molecule has 0 fully saturated rings. The first-order valence-corrected chi connectivity index (χ1v) is 7.14. The minimum Gasteiger partial charge on any atom is -0.350 e. The average molecular weight is 266 g/mol. The Labute approximate surface area is 114 Å². The summed E-state index contributed by atoms with van der Waals surface area (Å²) in [7, 11) is 4.06. The highest BCUT2D eigenvalue weighted by Crippen LogP contribution is 2.20. The van der Waals surface area contributed by atoms with Gasteiger partial charge in [0.05, 0.1) is 6.04 Å². The van der Waals surface area contributed by atoms with Crippen molar-refractivity contribution in [2.24, 2.45) is 0 Å². The molecule has 0 aromatic carbocycles. The van der Waals surface area contributed by atoms with E-state index in [0.717, 1.165) is 12.0 Å². The standard InChI is InChI=1S/C14H22N2OS/c1-5-6-11(2)14(17)15-9-13(16(3)4)12-7-8-18-10-12/h6-8,10,13H,5,9H2,1-4H3,(H,15,17). The van der Waals surface area contributed by atoms with E-state index in [-0.39, 0.29) is 11.9 Å². The molecule has 4 heteroatoms. The van der Waals surface area contributed by atoms with Crippen LogP contribution >= 0.6 is 11.3 Å². The second-order valence-corrected chi connectivity index (χ2v) is 5.32. The highest BCUT2D eigenvalue weighted by atomic mass is 32.1. The van der Waals surface area contributed by atoms with Gasteiger partial charge >= 0.3 is 0 Å². The minimum atomic E-state index is 0.0268.